The van der Waals surface area contributed by atoms with Crippen molar-refractivity contribution in [3.63, 3.8) is 0 Å². The number of carbonyl (C=O) groups excluding carboxylic acids is 2. The number of pyridine rings is 1. The number of anilines is 1. The summed E-state index contributed by atoms with van der Waals surface area (Å²) in [6.07, 6.45) is 1.46. The molecule has 1 heterocycles. The van der Waals surface area contributed by atoms with Crippen LogP contribution in [0.15, 0.2) is 30.5 Å². The molecule has 2 aromatic rings. The molecule has 5 nitrogen and oxygen atoms in total. The first-order valence-corrected chi connectivity index (χ1v) is 7.90. The van der Waals surface area contributed by atoms with Crippen LogP contribution in [0.5, 0.6) is 0 Å². The maximum atomic E-state index is 12.3. The minimum absolute atomic E-state index is 0.0501. The number of aromatic nitrogens is 1. The second kappa shape index (κ2) is 7.45. The summed E-state index contributed by atoms with van der Waals surface area (Å²) in [5, 5.41) is 3.12. The van der Waals surface area contributed by atoms with Gasteiger partial charge in [-0.1, -0.05) is 29.3 Å². The normalized spacial score (nSPS) is 10.4. The second-order valence-corrected chi connectivity index (χ2v) is 6.24. The summed E-state index contributed by atoms with van der Waals surface area (Å²) in [5.74, 6) is -0.534. The Balaban J connectivity index is 2.06. The van der Waals surface area contributed by atoms with Crippen LogP contribution >= 0.6 is 11.6 Å². The Morgan fingerprint density at radius 1 is 1.17 bits per heavy atom. The highest BCUT2D eigenvalue weighted by Crippen LogP contribution is 2.21. The maximum Gasteiger partial charge on any atom is 0.254 e. The molecule has 0 fully saturated rings. The lowest BCUT2D eigenvalue weighted by molar-refractivity contribution is -0.116. The van der Waals surface area contributed by atoms with Crippen molar-refractivity contribution in [3.8, 4) is 0 Å². The van der Waals surface area contributed by atoms with E-state index in [1.807, 2.05) is 32.9 Å². The predicted octanol–water partition coefficient (Wildman–Crippen LogP) is 3.37. The zero-order chi connectivity index (χ0) is 17.9. The minimum atomic E-state index is -0.285. The summed E-state index contributed by atoms with van der Waals surface area (Å²) in [5.41, 5.74) is 4.32. The molecule has 0 aliphatic heterocycles. The molecule has 0 bridgehead atoms. The van der Waals surface area contributed by atoms with Crippen LogP contribution in [0, 0.1) is 20.8 Å². The second-order valence-electron chi connectivity index (χ2n) is 5.85. The van der Waals surface area contributed by atoms with E-state index in [0.717, 1.165) is 22.4 Å². The van der Waals surface area contributed by atoms with E-state index >= 15 is 0 Å². The van der Waals surface area contributed by atoms with Crippen molar-refractivity contribution in [2.45, 2.75) is 20.8 Å². The molecule has 0 saturated carbocycles. The van der Waals surface area contributed by atoms with Crippen LogP contribution in [-0.2, 0) is 4.79 Å². The smallest absolute Gasteiger partial charge is 0.254 e. The van der Waals surface area contributed by atoms with Crippen LogP contribution in [0.2, 0.25) is 5.15 Å². The molecule has 1 aromatic heterocycles. The largest absolute Gasteiger partial charge is 0.332 e. The van der Waals surface area contributed by atoms with E-state index in [2.05, 4.69) is 10.3 Å². The van der Waals surface area contributed by atoms with Gasteiger partial charge in [-0.25, -0.2) is 4.98 Å². The van der Waals surface area contributed by atoms with Crippen molar-refractivity contribution in [2.24, 2.45) is 0 Å². The number of amides is 2. The third-order valence-electron chi connectivity index (χ3n) is 3.64. The molecule has 2 amide bonds. The number of nitrogens with zero attached hydrogens (tertiary/aromatic N) is 2. The fourth-order valence-electron chi connectivity index (χ4n) is 2.60. The number of rotatable bonds is 4. The van der Waals surface area contributed by atoms with Gasteiger partial charge in [0, 0.05) is 24.5 Å². The quantitative estimate of drug-likeness (QED) is 0.864. The van der Waals surface area contributed by atoms with E-state index in [1.165, 1.54) is 17.2 Å². The lowest BCUT2D eigenvalue weighted by Crippen LogP contribution is -2.35. The molecule has 2 rings (SSSR count). The molecule has 6 heteroatoms. The number of benzene rings is 1. The molecule has 0 spiro atoms. The van der Waals surface area contributed by atoms with E-state index in [-0.39, 0.29) is 23.5 Å². The molecule has 0 radical (unpaired) electrons. The van der Waals surface area contributed by atoms with E-state index in [0.29, 0.717) is 5.56 Å². The number of nitrogens with one attached hydrogen (secondary N) is 1. The molecule has 0 atom stereocenters. The van der Waals surface area contributed by atoms with Gasteiger partial charge in [-0.05, 0) is 44.0 Å². The number of likely N-dealkylation sites (N-methyl/N-ethyl adjacent to an activating group) is 1. The number of aryl methyl sites for hydroxylation is 3. The van der Waals surface area contributed by atoms with Gasteiger partial charge in [0.25, 0.3) is 5.91 Å². The average Bonchev–Trinajstić information content (AvgIpc) is 2.50. The van der Waals surface area contributed by atoms with Crippen molar-refractivity contribution in [1.82, 2.24) is 9.88 Å². The first-order chi connectivity index (χ1) is 11.3. The highest BCUT2D eigenvalue weighted by Gasteiger charge is 2.16. The molecule has 1 N–H and O–H groups in total. The topological polar surface area (TPSA) is 62.3 Å². The van der Waals surface area contributed by atoms with Gasteiger partial charge >= 0.3 is 0 Å². The lowest BCUT2D eigenvalue weighted by Gasteiger charge is -2.18. The monoisotopic (exact) mass is 345 g/mol. The number of hydrogen-bond acceptors (Lipinski definition) is 3. The van der Waals surface area contributed by atoms with Gasteiger partial charge in [0.2, 0.25) is 5.91 Å². The minimum Gasteiger partial charge on any atom is -0.332 e. The first kappa shape index (κ1) is 17.9. The van der Waals surface area contributed by atoms with Gasteiger partial charge in [-0.2, -0.15) is 0 Å². The van der Waals surface area contributed by atoms with Gasteiger partial charge in [0.15, 0.2) is 0 Å². The van der Waals surface area contributed by atoms with Gasteiger partial charge in [0.05, 0.1) is 6.54 Å². The number of carbonyl (C=O) groups is 2. The van der Waals surface area contributed by atoms with E-state index in [9.17, 15) is 9.59 Å². The lowest BCUT2D eigenvalue weighted by atomic mass is 10.1. The highest BCUT2D eigenvalue weighted by atomic mass is 35.5. The van der Waals surface area contributed by atoms with Gasteiger partial charge in [0.1, 0.15) is 5.15 Å². The van der Waals surface area contributed by atoms with E-state index in [1.54, 1.807) is 13.1 Å². The van der Waals surface area contributed by atoms with Crippen molar-refractivity contribution >= 4 is 29.1 Å². The molecule has 0 aliphatic carbocycles. The van der Waals surface area contributed by atoms with Crippen molar-refractivity contribution < 1.29 is 9.59 Å². The molecule has 126 valence electrons. The first-order valence-electron chi connectivity index (χ1n) is 7.52. The molecule has 1 aromatic carbocycles. The Morgan fingerprint density at radius 2 is 1.79 bits per heavy atom. The van der Waals surface area contributed by atoms with Crippen LogP contribution < -0.4 is 5.32 Å². The average molecular weight is 346 g/mol. The molecular weight excluding hydrogens is 326 g/mol. The Morgan fingerprint density at radius 3 is 2.38 bits per heavy atom. The molecule has 0 unspecified atom stereocenters. The fourth-order valence-corrected chi connectivity index (χ4v) is 2.77. The molecule has 0 aliphatic rings. The third kappa shape index (κ3) is 4.32. The van der Waals surface area contributed by atoms with E-state index < -0.39 is 0 Å². The van der Waals surface area contributed by atoms with Gasteiger partial charge < -0.3 is 10.2 Å². The van der Waals surface area contributed by atoms with Crippen molar-refractivity contribution in [1.29, 1.82) is 0 Å². The fraction of sp³-hybridized carbons (Fsp3) is 0.278. The molecule has 24 heavy (non-hydrogen) atoms. The molecule has 0 saturated heterocycles. The van der Waals surface area contributed by atoms with Crippen LogP contribution in [0.1, 0.15) is 27.0 Å². The van der Waals surface area contributed by atoms with Crippen LogP contribution in [-0.4, -0.2) is 35.3 Å². The Hall–Kier alpha value is -2.40. The maximum absolute atomic E-state index is 12.3. The van der Waals surface area contributed by atoms with Crippen molar-refractivity contribution in [3.05, 3.63) is 57.9 Å². The van der Waals surface area contributed by atoms with Crippen LogP contribution in [0.3, 0.4) is 0 Å². The Bertz CT molecular complexity index is 767. The van der Waals surface area contributed by atoms with Crippen molar-refractivity contribution in [2.75, 3.05) is 18.9 Å². The predicted molar refractivity (Wildman–Crippen MR) is 95.5 cm³/mol. The summed E-state index contributed by atoms with van der Waals surface area (Å²) >= 11 is 5.79. The Kier molecular flexibility index (Phi) is 5.57. The van der Waals surface area contributed by atoms with Crippen LogP contribution in [0.25, 0.3) is 0 Å². The summed E-state index contributed by atoms with van der Waals surface area (Å²) in [4.78, 5) is 29.8. The standard InChI is InChI=1S/C18H20ClN3O2/c1-11-7-12(2)17(13(3)8-11)21-16(23)10-22(4)18(24)14-5-6-20-15(19)9-14/h5-9H,10H2,1-4H3,(H,21,23). The molecular formula is C18H20ClN3O2. The zero-order valence-electron chi connectivity index (χ0n) is 14.2. The summed E-state index contributed by atoms with van der Waals surface area (Å²) in [7, 11) is 1.57. The van der Waals surface area contributed by atoms with Gasteiger partial charge in [-0.15, -0.1) is 0 Å². The van der Waals surface area contributed by atoms with Gasteiger partial charge in [-0.3, -0.25) is 9.59 Å². The number of hydrogen-bond donors (Lipinski definition) is 1. The van der Waals surface area contributed by atoms with Crippen LogP contribution in [0.4, 0.5) is 5.69 Å². The SMILES string of the molecule is Cc1cc(C)c(NC(=O)CN(C)C(=O)c2ccnc(Cl)c2)c(C)c1. The van der Waals surface area contributed by atoms with E-state index in [4.69, 9.17) is 11.6 Å². The summed E-state index contributed by atoms with van der Waals surface area (Å²) in [6, 6.07) is 7.07. The highest BCUT2D eigenvalue weighted by molar-refractivity contribution is 6.29. The zero-order valence-corrected chi connectivity index (χ0v) is 14.9. The summed E-state index contributed by atoms with van der Waals surface area (Å²) in [6.45, 7) is 5.86. The number of halogens is 1. The summed E-state index contributed by atoms with van der Waals surface area (Å²) < 4.78 is 0. The third-order valence-corrected chi connectivity index (χ3v) is 3.85. The Labute approximate surface area is 146 Å².